The van der Waals surface area contributed by atoms with Crippen LogP contribution in [-0.2, 0) is 16.0 Å². The molecule has 0 amide bonds. The Kier molecular flexibility index (Phi) is 6.37. The van der Waals surface area contributed by atoms with Crippen LogP contribution in [0.15, 0.2) is 60.7 Å². The summed E-state index contributed by atoms with van der Waals surface area (Å²) in [6.07, 6.45) is 0. The summed E-state index contributed by atoms with van der Waals surface area (Å²) in [6, 6.07) is 19.3. The number of carbonyl (C=O) groups excluding carboxylic acids is 1. The Balaban J connectivity index is 0.00000208. The number of nitrogens with zero attached hydrogens (tertiary/aromatic N) is 1. The zero-order valence-corrected chi connectivity index (χ0v) is 14.5. The molecule has 2 aromatic carbocycles. The molecule has 1 heterocycles. The Bertz CT molecular complexity index is 650. The Hall–Kier alpha value is -1.88. The van der Waals surface area contributed by atoms with Crippen LogP contribution in [0.2, 0.25) is 0 Å². The lowest BCUT2D eigenvalue weighted by Crippen LogP contribution is -2.52. The maximum atomic E-state index is 12.3. The van der Waals surface area contributed by atoms with Gasteiger partial charge in [0, 0.05) is 20.0 Å². The smallest absolute Gasteiger partial charge is 0.340 e. The summed E-state index contributed by atoms with van der Waals surface area (Å²) in [7, 11) is 0. The van der Waals surface area contributed by atoms with Gasteiger partial charge in [0.15, 0.2) is 0 Å². The molecular formula is C19H22ClNO3. The van der Waals surface area contributed by atoms with E-state index in [0.717, 1.165) is 13.1 Å². The first-order valence-corrected chi connectivity index (χ1v) is 7.83. The topological polar surface area (TPSA) is 38.8 Å². The van der Waals surface area contributed by atoms with Crippen LogP contribution < -0.4 is 0 Å². The normalized spacial score (nSPS) is 20.9. The Morgan fingerprint density at radius 1 is 1.12 bits per heavy atom. The molecule has 1 saturated heterocycles. The Morgan fingerprint density at radius 3 is 2.42 bits per heavy atom. The Morgan fingerprint density at radius 2 is 1.75 bits per heavy atom. The van der Waals surface area contributed by atoms with Gasteiger partial charge in [-0.15, -0.1) is 12.4 Å². The molecule has 24 heavy (non-hydrogen) atoms. The number of carbonyl (C=O) groups is 1. The first-order valence-electron chi connectivity index (χ1n) is 7.83. The maximum Gasteiger partial charge on any atom is 0.340 e. The van der Waals surface area contributed by atoms with Crippen molar-refractivity contribution in [1.29, 1.82) is 0 Å². The lowest BCUT2D eigenvalue weighted by Gasteiger charge is -2.39. The second-order valence-electron chi connectivity index (χ2n) is 5.93. The average molecular weight is 348 g/mol. The van der Waals surface area contributed by atoms with Crippen LogP contribution in [-0.4, -0.2) is 36.4 Å². The summed E-state index contributed by atoms with van der Waals surface area (Å²) >= 11 is 0. The molecule has 1 fully saturated rings. The average Bonchev–Trinajstić information content (AvgIpc) is 2.56. The predicted molar refractivity (Wildman–Crippen MR) is 95.2 cm³/mol. The standard InChI is InChI=1S/C19H21NO3.ClH/c1-19(23-18(21)17-10-6-3-7-11-17)15-20(12-13-22-19)14-16-8-4-2-5-9-16;/h2-11H,12-15H2,1H3;1H/t19-;/m1./s1. The van der Waals surface area contributed by atoms with E-state index in [1.54, 1.807) is 12.1 Å². The first-order chi connectivity index (χ1) is 11.1. The van der Waals surface area contributed by atoms with Gasteiger partial charge < -0.3 is 9.47 Å². The number of esters is 1. The van der Waals surface area contributed by atoms with Crippen molar-refractivity contribution in [3.05, 3.63) is 71.8 Å². The molecule has 0 aliphatic carbocycles. The molecule has 0 radical (unpaired) electrons. The molecule has 2 aromatic rings. The van der Waals surface area contributed by atoms with E-state index in [2.05, 4.69) is 17.0 Å². The number of rotatable bonds is 4. The molecule has 0 aromatic heterocycles. The second-order valence-corrected chi connectivity index (χ2v) is 5.93. The SMILES string of the molecule is C[C@@]1(OC(=O)c2ccccc2)CN(Cc2ccccc2)CCO1.Cl. The highest BCUT2D eigenvalue weighted by molar-refractivity contribution is 5.89. The van der Waals surface area contributed by atoms with Crippen molar-refractivity contribution in [3.8, 4) is 0 Å². The fraction of sp³-hybridized carbons (Fsp3) is 0.316. The molecular weight excluding hydrogens is 326 g/mol. The minimum atomic E-state index is -0.917. The Labute approximate surface area is 148 Å². The van der Waals surface area contributed by atoms with Crippen LogP contribution in [0, 0.1) is 0 Å². The number of hydrogen-bond acceptors (Lipinski definition) is 4. The molecule has 1 atom stereocenters. The van der Waals surface area contributed by atoms with E-state index >= 15 is 0 Å². The quantitative estimate of drug-likeness (QED) is 0.793. The summed E-state index contributed by atoms with van der Waals surface area (Å²) in [6.45, 7) is 4.58. The zero-order valence-electron chi connectivity index (χ0n) is 13.7. The molecule has 0 N–H and O–H groups in total. The molecule has 3 rings (SSSR count). The molecule has 5 heteroatoms. The van der Waals surface area contributed by atoms with Gasteiger partial charge in [-0.2, -0.15) is 0 Å². The van der Waals surface area contributed by atoms with Crippen LogP contribution in [0.5, 0.6) is 0 Å². The van der Waals surface area contributed by atoms with Gasteiger partial charge in [-0.05, 0) is 17.7 Å². The van der Waals surface area contributed by atoms with E-state index < -0.39 is 5.79 Å². The fourth-order valence-electron chi connectivity index (χ4n) is 2.79. The molecule has 1 aliphatic rings. The van der Waals surface area contributed by atoms with Gasteiger partial charge in [0.25, 0.3) is 0 Å². The molecule has 4 nitrogen and oxygen atoms in total. The highest BCUT2D eigenvalue weighted by Crippen LogP contribution is 2.22. The van der Waals surface area contributed by atoms with Crippen LogP contribution in [0.25, 0.3) is 0 Å². The highest BCUT2D eigenvalue weighted by atomic mass is 35.5. The monoisotopic (exact) mass is 347 g/mol. The van der Waals surface area contributed by atoms with E-state index in [9.17, 15) is 4.79 Å². The number of benzene rings is 2. The molecule has 0 bridgehead atoms. The third-order valence-corrected chi connectivity index (χ3v) is 3.89. The van der Waals surface area contributed by atoms with Crippen molar-refractivity contribution < 1.29 is 14.3 Å². The van der Waals surface area contributed by atoms with Crippen molar-refractivity contribution in [2.45, 2.75) is 19.3 Å². The van der Waals surface area contributed by atoms with E-state index in [-0.39, 0.29) is 18.4 Å². The lowest BCUT2D eigenvalue weighted by molar-refractivity contribution is -0.227. The van der Waals surface area contributed by atoms with Crippen LogP contribution >= 0.6 is 12.4 Å². The van der Waals surface area contributed by atoms with Gasteiger partial charge in [-0.3, -0.25) is 4.90 Å². The van der Waals surface area contributed by atoms with Crippen LogP contribution in [0.1, 0.15) is 22.8 Å². The van der Waals surface area contributed by atoms with E-state index in [1.807, 2.05) is 43.3 Å². The third kappa shape index (κ3) is 4.81. The van der Waals surface area contributed by atoms with Crippen LogP contribution in [0.3, 0.4) is 0 Å². The minimum Gasteiger partial charge on any atom is -0.428 e. The molecule has 0 spiro atoms. The van der Waals surface area contributed by atoms with Crippen molar-refractivity contribution in [2.24, 2.45) is 0 Å². The third-order valence-electron chi connectivity index (χ3n) is 3.89. The fourth-order valence-corrected chi connectivity index (χ4v) is 2.79. The van der Waals surface area contributed by atoms with Crippen molar-refractivity contribution in [3.63, 3.8) is 0 Å². The van der Waals surface area contributed by atoms with Gasteiger partial charge >= 0.3 is 5.97 Å². The highest BCUT2D eigenvalue weighted by Gasteiger charge is 2.36. The molecule has 0 unspecified atom stereocenters. The number of morpholine rings is 1. The summed E-state index contributed by atoms with van der Waals surface area (Å²) in [5, 5.41) is 0. The zero-order chi connectivity index (χ0) is 16.1. The van der Waals surface area contributed by atoms with Gasteiger partial charge in [-0.25, -0.2) is 4.79 Å². The van der Waals surface area contributed by atoms with E-state index in [1.165, 1.54) is 5.56 Å². The van der Waals surface area contributed by atoms with Crippen molar-refractivity contribution in [2.75, 3.05) is 19.7 Å². The van der Waals surface area contributed by atoms with Crippen molar-refractivity contribution >= 4 is 18.4 Å². The molecule has 0 saturated carbocycles. The van der Waals surface area contributed by atoms with Crippen LogP contribution in [0.4, 0.5) is 0 Å². The van der Waals surface area contributed by atoms with Gasteiger partial charge in [0.2, 0.25) is 5.79 Å². The number of halogens is 1. The largest absolute Gasteiger partial charge is 0.428 e. The summed E-state index contributed by atoms with van der Waals surface area (Å²) < 4.78 is 11.4. The summed E-state index contributed by atoms with van der Waals surface area (Å²) in [4.78, 5) is 14.5. The predicted octanol–water partition coefficient (Wildman–Crippen LogP) is 3.51. The van der Waals surface area contributed by atoms with Gasteiger partial charge in [-0.1, -0.05) is 48.5 Å². The number of ether oxygens (including phenoxy) is 2. The maximum absolute atomic E-state index is 12.3. The summed E-state index contributed by atoms with van der Waals surface area (Å²) in [5.74, 6) is -1.27. The van der Waals surface area contributed by atoms with Crippen molar-refractivity contribution in [1.82, 2.24) is 4.90 Å². The molecule has 128 valence electrons. The van der Waals surface area contributed by atoms with Gasteiger partial charge in [0.05, 0.1) is 18.7 Å². The van der Waals surface area contributed by atoms with E-state index in [0.29, 0.717) is 18.7 Å². The van der Waals surface area contributed by atoms with E-state index in [4.69, 9.17) is 9.47 Å². The molecule has 1 aliphatic heterocycles. The van der Waals surface area contributed by atoms with Gasteiger partial charge in [0.1, 0.15) is 0 Å². The second kappa shape index (κ2) is 8.29. The number of hydrogen-bond donors (Lipinski definition) is 0. The lowest BCUT2D eigenvalue weighted by atomic mass is 10.1. The summed E-state index contributed by atoms with van der Waals surface area (Å²) in [5.41, 5.74) is 1.78. The first kappa shape index (κ1) is 18.5. The minimum absolute atomic E-state index is 0.